The van der Waals surface area contributed by atoms with Crippen LogP contribution in [0.25, 0.3) is 0 Å². The molecule has 0 saturated heterocycles. The lowest BCUT2D eigenvalue weighted by Crippen LogP contribution is -2.43. The van der Waals surface area contributed by atoms with Gasteiger partial charge in [0.2, 0.25) is 0 Å². The monoisotopic (exact) mass is 330 g/mol. The average molecular weight is 330 g/mol. The van der Waals surface area contributed by atoms with Crippen molar-refractivity contribution in [1.82, 2.24) is 0 Å². The summed E-state index contributed by atoms with van der Waals surface area (Å²) >= 11 is 0. The lowest BCUT2D eigenvalue weighted by Gasteiger charge is -2.38. The molecule has 3 rings (SSSR count). The zero-order valence-corrected chi connectivity index (χ0v) is 14.3. The fourth-order valence-electron chi connectivity index (χ4n) is 3.84. The molecule has 0 aromatic heterocycles. The first-order valence-electron chi connectivity index (χ1n) is 8.60. The maximum atomic E-state index is 12.8. The summed E-state index contributed by atoms with van der Waals surface area (Å²) in [7, 11) is 0. The second kappa shape index (κ2) is 7.35. The summed E-state index contributed by atoms with van der Waals surface area (Å²) < 4.78 is 0. The Balaban J connectivity index is 2.33. The summed E-state index contributed by atoms with van der Waals surface area (Å²) in [4.78, 5) is 12.8. The number of carboxylic acid groups (broad SMARTS) is 1. The third-order valence-electron chi connectivity index (χ3n) is 4.93. The Morgan fingerprint density at radius 1 is 0.800 bits per heavy atom. The smallest absolute Gasteiger partial charge is 0.319 e. The van der Waals surface area contributed by atoms with Gasteiger partial charge in [-0.2, -0.15) is 0 Å². The van der Waals surface area contributed by atoms with E-state index in [0.29, 0.717) is 0 Å². The third kappa shape index (κ3) is 2.96. The van der Waals surface area contributed by atoms with Gasteiger partial charge < -0.3 is 5.11 Å². The van der Waals surface area contributed by atoms with Crippen LogP contribution in [0.5, 0.6) is 0 Å². The van der Waals surface area contributed by atoms with Crippen molar-refractivity contribution >= 4 is 5.97 Å². The van der Waals surface area contributed by atoms with Gasteiger partial charge in [-0.1, -0.05) is 97.9 Å². The van der Waals surface area contributed by atoms with Crippen molar-refractivity contribution in [2.24, 2.45) is 0 Å². The molecule has 1 N–H and O–H groups in total. The second-order valence-corrected chi connectivity index (χ2v) is 6.22. The molecule has 0 saturated carbocycles. The summed E-state index contributed by atoms with van der Waals surface area (Å²) in [6.45, 7) is 2.06. The van der Waals surface area contributed by atoms with E-state index in [4.69, 9.17) is 0 Å². The van der Waals surface area contributed by atoms with Gasteiger partial charge in [0.15, 0.2) is 0 Å². The highest BCUT2D eigenvalue weighted by atomic mass is 16.4. The summed E-state index contributed by atoms with van der Waals surface area (Å²) in [6.07, 6.45) is 0.722. The average Bonchev–Trinajstić information content (AvgIpc) is 2.68. The summed E-state index contributed by atoms with van der Waals surface area (Å²) in [5.41, 5.74) is 1.53. The van der Waals surface area contributed by atoms with E-state index in [1.165, 1.54) is 0 Å². The van der Waals surface area contributed by atoms with Crippen molar-refractivity contribution in [3.05, 3.63) is 108 Å². The number of benzene rings is 3. The molecule has 0 radical (unpaired) electrons. The Kier molecular flexibility index (Phi) is 4.99. The SMILES string of the molecule is CC[C@@H](c1ccccc1)C(C(=O)O)(c1ccccc1)c1ccccc1. The maximum absolute atomic E-state index is 12.8. The van der Waals surface area contributed by atoms with Crippen LogP contribution >= 0.6 is 0 Å². The Bertz CT molecular complexity index is 771. The van der Waals surface area contributed by atoms with Crippen molar-refractivity contribution in [2.75, 3.05) is 0 Å². The quantitative estimate of drug-likeness (QED) is 0.670. The highest BCUT2D eigenvalue weighted by molar-refractivity contribution is 5.87. The van der Waals surface area contributed by atoms with E-state index in [2.05, 4.69) is 6.92 Å². The normalized spacial score (nSPS) is 12.5. The summed E-state index contributed by atoms with van der Waals surface area (Å²) in [5.74, 6) is -0.989. The van der Waals surface area contributed by atoms with Crippen molar-refractivity contribution in [3.63, 3.8) is 0 Å². The van der Waals surface area contributed by atoms with E-state index in [1.54, 1.807) is 0 Å². The minimum absolute atomic E-state index is 0.170. The number of aliphatic carboxylic acids is 1. The molecular formula is C23H22O2. The molecule has 0 amide bonds. The van der Waals surface area contributed by atoms with Gasteiger partial charge in [0.1, 0.15) is 5.41 Å². The molecule has 25 heavy (non-hydrogen) atoms. The molecule has 0 aliphatic heterocycles. The van der Waals surface area contributed by atoms with Crippen LogP contribution in [0, 0.1) is 0 Å². The van der Waals surface area contributed by atoms with E-state index >= 15 is 0 Å². The summed E-state index contributed by atoms with van der Waals surface area (Å²) in [6, 6.07) is 29.1. The second-order valence-electron chi connectivity index (χ2n) is 6.22. The van der Waals surface area contributed by atoms with Crippen LogP contribution in [0.15, 0.2) is 91.0 Å². The predicted molar refractivity (Wildman–Crippen MR) is 101 cm³/mol. The zero-order chi connectivity index (χ0) is 17.7. The Labute approximate surface area is 148 Å². The van der Waals surface area contributed by atoms with Gasteiger partial charge in [-0.05, 0) is 23.1 Å². The van der Waals surface area contributed by atoms with Crippen molar-refractivity contribution in [1.29, 1.82) is 0 Å². The molecule has 2 nitrogen and oxygen atoms in total. The van der Waals surface area contributed by atoms with Crippen LogP contribution in [0.4, 0.5) is 0 Å². The number of rotatable bonds is 6. The highest BCUT2D eigenvalue weighted by Gasteiger charge is 2.48. The molecule has 0 unspecified atom stereocenters. The number of carbonyl (C=O) groups is 1. The number of carboxylic acids is 1. The van der Waals surface area contributed by atoms with Crippen LogP contribution in [0.3, 0.4) is 0 Å². The Morgan fingerprint density at radius 3 is 1.56 bits per heavy atom. The summed E-state index contributed by atoms with van der Waals surface area (Å²) in [5, 5.41) is 10.5. The van der Waals surface area contributed by atoms with Crippen molar-refractivity contribution in [2.45, 2.75) is 24.7 Å². The minimum atomic E-state index is -1.13. The van der Waals surface area contributed by atoms with Gasteiger partial charge in [-0.3, -0.25) is 4.79 Å². The van der Waals surface area contributed by atoms with Crippen LogP contribution in [-0.2, 0) is 10.2 Å². The van der Waals surface area contributed by atoms with Gasteiger partial charge >= 0.3 is 5.97 Å². The molecule has 1 atom stereocenters. The Hall–Kier alpha value is -2.87. The standard InChI is InChI=1S/C23H22O2/c1-2-21(18-12-6-3-7-13-18)23(22(24)25,19-14-8-4-9-15-19)20-16-10-5-11-17-20/h3-17,21H,2H2,1H3,(H,24,25)/t21-/m0/s1. The molecular weight excluding hydrogens is 308 g/mol. The van der Waals surface area contributed by atoms with Gasteiger partial charge in [0, 0.05) is 5.92 Å². The molecule has 3 aromatic carbocycles. The van der Waals surface area contributed by atoms with Gasteiger partial charge in [0.05, 0.1) is 0 Å². The molecule has 0 aliphatic rings. The predicted octanol–water partition coefficient (Wildman–Crippen LogP) is 5.25. The topological polar surface area (TPSA) is 37.3 Å². The van der Waals surface area contributed by atoms with Crippen LogP contribution < -0.4 is 0 Å². The van der Waals surface area contributed by atoms with Crippen molar-refractivity contribution in [3.8, 4) is 0 Å². The molecule has 0 fully saturated rings. The molecule has 2 heteroatoms. The number of hydrogen-bond donors (Lipinski definition) is 1. The fraction of sp³-hybridized carbons (Fsp3) is 0.174. The lowest BCUT2D eigenvalue weighted by molar-refractivity contribution is -0.143. The molecule has 0 bridgehead atoms. The first-order chi connectivity index (χ1) is 12.2. The van der Waals surface area contributed by atoms with E-state index < -0.39 is 11.4 Å². The first-order valence-corrected chi connectivity index (χ1v) is 8.60. The van der Waals surface area contributed by atoms with Gasteiger partial charge in [0.25, 0.3) is 0 Å². The molecule has 3 aromatic rings. The minimum Gasteiger partial charge on any atom is -0.480 e. The largest absolute Gasteiger partial charge is 0.480 e. The Morgan fingerprint density at radius 2 is 1.20 bits per heavy atom. The van der Waals surface area contributed by atoms with Gasteiger partial charge in [-0.25, -0.2) is 0 Å². The number of hydrogen-bond acceptors (Lipinski definition) is 1. The maximum Gasteiger partial charge on any atom is 0.319 e. The molecule has 0 aliphatic carbocycles. The molecule has 0 spiro atoms. The van der Waals surface area contributed by atoms with E-state index in [0.717, 1.165) is 23.1 Å². The van der Waals surface area contributed by atoms with Crippen LogP contribution in [0.2, 0.25) is 0 Å². The van der Waals surface area contributed by atoms with Crippen LogP contribution in [0.1, 0.15) is 36.0 Å². The van der Waals surface area contributed by atoms with E-state index in [9.17, 15) is 9.90 Å². The lowest BCUT2D eigenvalue weighted by atomic mass is 9.62. The first kappa shape index (κ1) is 17.0. The molecule has 126 valence electrons. The van der Waals surface area contributed by atoms with Crippen molar-refractivity contribution < 1.29 is 9.90 Å². The fourth-order valence-corrected chi connectivity index (χ4v) is 3.84. The van der Waals surface area contributed by atoms with E-state index in [-0.39, 0.29) is 5.92 Å². The van der Waals surface area contributed by atoms with Gasteiger partial charge in [-0.15, -0.1) is 0 Å². The highest BCUT2D eigenvalue weighted by Crippen LogP contribution is 2.46. The third-order valence-corrected chi connectivity index (χ3v) is 4.93. The van der Waals surface area contributed by atoms with E-state index in [1.807, 2.05) is 91.0 Å². The molecule has 0 heterocycles. The van der Waals surface area contributed by atoms with Crippen LogP contribution in [-0.4, -0.2) is 11.1 Å². The zero-order valence-electron chi connectivity index (χ0n) is 14.3.